The summed E-state index contributed by atoms with van der Waals surface area (Å²) in [4.78, 5) is 12.6. The number of nitrogens with one attached hydrogen (secondary N) is 1. The highest BCUT2D eigenvalue weighted by Crippen LogP contribution is 2.30. The predicted octanol–water partition coefficient (Wildman–Crippen LogP) is 2.42. The molecule has 8 heteroatoms. The van der Waals surface area contributed by atoms with Crippen molar-refractivity contribution in [2.75, 3.05) is 27.3 Å². The number of rotatable bonds is 7. The van der Waals surface area contributed by atoms with Gasteiger partial charge in [-0.05, 0) is 37.1 Å². The van der Waals surface area contributed by atoms with Gasteiger partial charge in [-0.1, -0.05) is 18.2 Å². The van der Waals surface area contributed by atoms with Crippen LogP contribution >= 0.6 is 0 Å². The summed E-state index contributed by atoms with van der Waals surface area (Å²) in [5.74, 6) is 0.537. The third kappa shape index (κ3) is 4.13. The molecule has 0 aliphatic carbocycles. The van der Waals surface area contributed by atoms with Gasteiger partial charge in [0.1, 0.15) is 16.4 Å². The van der Waals surface area contributed by atoms with Crippen molar-refractivity contribution < 1.29 is 22.7 Å². The Kier molecular flexibility index (Phi) is 6.21. The molecule has 2 aromatic carbocycles. The molecule has 0 atom stereocenters. The quantitative estimate of drug-likeness (QED) is 0.766. The van der Waals surface area contributed by atoms with Crippen molar-refractivity contribution in [3.05, 3.63) is 53.6 Å². The molecule has 0 bridgehead atoms. The van der Waals surface area contributed by atoms with Crippen molar-refractivity contribution in [2.45, 2.75) is 24.3 Å². The second-order valence-electron chi connectivity index (χ2n) is 6.47. The number of carbonyl (C=O) groups excluding carboxylic acids is 1. The van der Waals surface area contributed by atoms with E-state index in [1.807, 2.05) is 24.3 Å². The number of hydrogen-bond donors (Lipinski definition) is 1. The first-order chi connectivity index (χ1) is 13.5. The predicted molar refractivity (Wildman–Crippen MR) is 105 cm³/mol. The number of benzene rings is 2. The summed E-state index contributed by atoms with van der Waals surface area (Å²) in [5.41, 5.74) is 1.09. The number of ether oxygens (including phenoxy) is 2. The Morgan fingerprint density at radius 3 is 2.39 bits per heavy atom. The van der Waals surface area contributed by atoms with Gasteiger partial charge in [0.15, 0.2) is 0 Å². The lowest BCUT2D eigenvalue weighted by Crippen LogP contribution is -2.29. The molecular weight excluding hydrogens is 380 g/mol. The Morgan fingerprint density at radius 1 is 1.04 bits per heavy atom. The average molecular weight is 404 g/mol. The molecule has 3 rings (SSSR count). The number of carbonyl (C=O) groups is 1. The van der Waals surface area contributed by atoms with E-state index in [0.29, 0.717) is 18.8 Å². The zero-order valence-electron chi connectivity index (χ0n) is 16.0. The Hall–Kier alpha value is -2.58. The normalized spacial score (nSPS) is 14.6. The van der Waals surface area contributed by atoms with Gasteiger partial charge in [-0.25, -0.2) is 8.42 Å². The van der Waals surface area contributed by atoms with Crippen molar-refractivity contribution in [1.82, 2.24) is 9.62 Å². The molecule has 7 nitrogen and oxygen atoms in total. The van der Waals surface area contributed by atoms with Crippen LogP contribution in [0.2, 0.25) is 0 Å². The first-order valence-electron chi connectivity index (χ1n) is 9.05. The van der Waals surface area contributed by atoms with E-state index >= 15 is 0 Å². The monoisotopic (exact) mass is 404 g/mol. The van der Waals surface area contributed by atoms with Gasteiger partial charge in [0.05, 0.1) is 14.2 Å². The molecule has 150 valence electrons. The van der Waals surface area contributed by atoms with Crippen molar-refractivity contribution >= 4 is 15.9 Å². The van der Waals surface area contributed by atoms with E-state index in [-0.39, 0.29) is 28.7 Å². The minimum Gasteiger partial charge on any atom is -0.496 e. The summed E-state index contributed by atoms with van der Waals surface area (Å²) in [5, 5.41) is 2.81. The molecule has 1 aliphatic heterocycles. The van der Waals surface area contributed by atoms with Crippen LogP contribution in [0.25, 0.3) is 0 Å². The smallest absolute Gasteiger partial charge is 0.251 e. The van der Waals surface area contributed by atoms with E-state index in [1.54, 1.807) is 13.2 Å². The summed E-state index contributed by atoms with van der Waals surface area (Å²) >= 11 is 0. The van der Waals surface area contributed by atoms with E-state index < -0.39 is 10.0 Å². The van der Waals surface area contributed by atoms with Crippen LogP contribution in [0.4, 0.5) is 0 Å². The van der Waals surface area contributed by atoms with Crippen LogP contribution in [0.3, 0.4) is 0 Å². The zero-order valence-corrected chi connectivity index (χ0v) is 16.8. The molecule has 0 aromatic heterocycles. The maximum Gasteiger partial charge on any atom is 0.251 e. The maximum absolute atomic E-state index is 12.9. The second-order valence-corrected chi connectivity index (χ2v) is 8.38. The standard InChI is InChI=1S/C20H24N2O5S/c1-26-17-8-4-3-7-16(17)14-21-20(23)15-9-10-18(27-2)19(13-15)28(24,25)22-11-5-6-12-22/h3-4,7-10,13H,5-6,11-12,14H2,1-2H3,(H,21,23). The zero-order chi connectivity index (χ0) is 20.1. The van der Waals surface area contributed by atoms with E-state index in [4.69, 9.17) is 9.47 Å². The largest absolute Gasteiger partial charge is 0.496 e. The van der Waals surface area contributed by atoms with Gasteiger partial charge >= 0.3 is 0 Å². The summed E-state index contributed by atoms with van der Waals surface area (Å²) in [6.07, 6.45) is 1.67. The van der Waals surface area contributed by atoms with E-state index in [9.17, 15) is 13.2 Å². The minimum absolute atomic E-state index is 0.0156. The first kappa shape index (κ1) is 20.2. The fraction of sp³-hybridized carbons (Fsp3) is 0.350. The van der Waals surface area contributed by atoms with Crippen LogP contribution in [-0.2, 0) is 16.6 Å². The Morgan fingerprint density at radius 2 is 1.71 bits per heavy atom. The molecule has 1 amide bonds. The van der Waals surface area contributed by atoms with Crippen LogP contribution in [-0.4, -0.2) is 45.9 Å². The van der Waals surface area contributed by atoms with Gasteiger partial charge in [0.25, 0.3) is 5.91 Å². The van der Waals surface area contributed by atoms with Gasteiger partial charge in [-0.15, -0.1) is 0 Å². The third-order valence-electron chi connectivity index (χ3n) is 4.74. The van der Waals surface area contributed by atoms with Gasteiger partial charge in [-0.3, -0.25) is 4.79 Å². The Balaban J connectivity index is 1.83. The lowest BCUT2D eigenvalue weighted by Gasteiger charge is -2.18. The van der Waals surface area contributed by atoms with E-state index in [1.165, 1.54) is 23.5 Å². The third-order valence-corrected chi connectivity index (χ3v) is 6.66. The average Bonchev–Trinajstić information content (AvgIpc) is 3.27. The SMILES string of the molecule is COc1ccccc1CNC(=O)c1ccc(OC)c(S(=O)(=O)N2CCCC2)c1. The molecule has 0 spiro atoms. The topological polar surface area (TPSA) is 84.9 Å². The molecule has 1 N–H and O–H groups in total. The Labute approximate surface area is 165 Å². The number of para-hydroxylation sites is 1. The van der Waals surface area contributed by atoms with Crippen molar-refractivity contribution in [2.24, 2.45) is 0 Å². The molecule has 0 unspecified atom stereocenters. The van der Waals surface area contributed by atoms with Crippen LogP contribution in [0.15, 0.2) is 47.4 Å². The molecule has 1 heterocycles. The van der Waals surface area contributed by atoms with Crippen LogP contribution in [0.1, 0.15) is 28.8 Å². The number of methoxy groups -OCH3 is 2. The molecule has 0 radical (unpaired) electrons. The fourth-order valence-corrected chi connectivity index (χ4v) is 4.91. The van der Waals surface area contributed by atoms with Gasteiger partial charge in [0, 0.05) is 30.8 Å². The lowest BCUT2D eigenvalue weighted by molar-refractivity contribution is 0.0950. The molecule has 2 aromatic rings. The maximum atomic E-state index is 12.9. The van der Waals surface area contributed by atoms with Crippen LogP contribution in [0, 0.1) is 0 Å². The molecule has 1 fully saturated rings. The summed E-state index contributed by atoms with van der Waals surface area (Å²) in [6, 6.07) is 11.8. The lowest BCUT2D eigenvalue weighted by atomic mass is 10.1. The van der Waals surface area contributed by atoms with Crippen LogP contribution < -0.4 is 14.8 Å². The minimum atomic E-state index is -3.71. The van der Waals surface area contributed by atoms with E-state index in [2.05, 4.69) is 5.32 Å². The van der Waals surface area contributed by atoms with Gasteiger partial charge < -0.3 is 14.8 Å². The second kappa shape index (κ2) is 8.62. The van der Waals surface area contributed by atoms with Crippen LogP contribution in [0.5, 0.6) is 11.5 Å². The van der Waals surface area contributed by atoms with Crippen molar-refractivity contribution in [3.63, 3.8) is 0 Å². The highest BCUT2D eigenvalue weighted by Gasteiger charge is 2.30. The Bertz CT molecular complexity index is 953. The molecular formula is C20H24N2O5S. The van der Waals surface area contributed by atoms with E-state index in [0.717, 1.165) is 18.4 Å². The first-order valence-corrected chi connectivity index (χ1v) is 10.5. The van der Waals surface area contributed by atoms with Crippen molar-refractivity contribution in [1.29, 1.82) is 0 Å². The summed E-state index contributed by atoms with van der Waals surface area (Å²) in [7, 11) is -0.721. The number of nitrogens with zero attached hydrogens (tertiary/aromatic N) is 1. The molecule has 1 aliphatic rings. The summed E-state index contributed by atoms with van der Waals surface area (Å²) in [6.45, 7) is 1.23. The number of sulfonamides is 1. The summed E-state index contributed by atoms with van der Waals surface area (Å²) < 4.78 is 37.8. The molecule has 1 saturated heterocycles. The number of amides is 1. The molecule has 0 saturated carbocycles. The highest BCUT2D eigenvalue weighted by molar-refractivity contribution is 7.89. The highest BCUT2D eigenvalue weighted by atomic mass is 32.2. The van der Waals surface area contributed by atoms with Gasteiger partial charge in [0.2, 0.25) is 10.0 Å². The fourth-order valence-electron chi connectivity index (χ4n) is 3.21. The molecule has 28 heavy (non-hydrogen) atoms. The van der Waals surface area contributed by atoms with Crippen molar-refractivity contribution in [3.8, 4) is 11.5 Å². The van der Waals surface area contributed by atoms with Gasteiger partial charge in [-0.2, -0.15) is 4.31 Å². The number of hydrogen-bond acceptors (Lipinski definition) is 5.